The molecule has 0 fully saturated rings. The van der Waals surface area contributed by atoms with Gasteiger partial charge in [-0.1, -0.05) is 30.3 Å². The highest BCUT2D eigenvalue weighted by molar-refractivity contribution is 7.99. The fourth-order valence-electron chi connectivity index (χ4n) is 2.88. The van der Waals surface area contributed by atoms with Gasteiger partial charge in [0.2, 0.25) is 0 Å². The Balaban J connectivity index is 1.73. The molecule has 2 aliphatic heterocycles. The molecule has 0 bridgehead atoms. The fourth-order valence-corrected chi connectivity index (χ4v) is 4.07. The van der Waals surface area contributed by atoms with Crippen LogP contribution in [0, 0.1) is 11.7 Å². The van der Waals surface area contributed by atoms with Gasteiger partial charge in [-0.05, 0) is 23.8 Å². The molecule has 0 saturated carbocycles. The van der Waals surface area contributed by atoms with Crippen LogP contribution in [0.15, 0.2) is 58.5 Å². The predicted octanol–water partition coefficient (Wildman–Crippen LogP) is 3.60. The zero-order chi connectivity index (χ0) is 13.5. The summed E-state index contributed by atoms with van der Waals surface area (Å²) in [5.41, 5.74) is 6.40. The van der Waals surface area contributed by atoms with E-state index in [1.54, 1.807) is 17.8 Å². The molecule has 0 spiro atoms. The second-order valence-corrected chi connectivity index (χ2v) is 6.13. The molecule has 0 aromatic heterocycles. The Hall–Kier alpha value is -1.81. The number of fused-ring (bicyclic) bond motifs is 3. The number of nitrogens with one attached hydrogen (secondary N) is 1. The van der Waals surface area contributed by atoms with Crippen LogP contribution in [0.2, 0.25) is 0 Å². The van der Waals surface area contributed by atoms with Crippen molar-refractivity contribution >= 4 is 17.5 Å². The predicted molar refractivity (Wildman–Crippen MR) is 79.5 cm³/mol. The largest absolute Gasteiger partial charge is 0.302 e. The molecule has 2 aromatic carbocycles. The summed E-state index contributed by atoms with van der Waals surface area (Å²) in [5, 5.41) is 4.48. The lowest BCUT2D eigenvalue weighted by atomic mass is 9.88. The van der Waals surface area contributed by atoms with Gasteiger partial charge in [0, 0.05) is 22.1 Å². The molecule has 20 heavy (non-hydrogen) atoms. The number of hydrazone groups is 1. The summed E-state index contributed by atoms with van der Waals surface area (Å²) in [6.45, 7) is 0. The molecule has 4 heteroatoms. The average Bonchev–Trinajstić information content (AvgIpc) is 2.92. The van der Waals surface area contributed by atoms with Crippen LogP contribution in [-0.4, -0.2) is 11.5 Å². The Bertz CT molecular complexity index is 684. The van der Waals surface area contributed by atoms with Crippen LogP contribution >= 0.6 is 11.8 Å². The number of hydrogen-bond donors (Lipinski definition) is 1. The van der Waals surface area contributed by atoms with E-state index in [1.165, 1.54) is 11.6 Å². The molecular formula is C16H13FN2S. The van der Waals surface area contributed by atoms with Crippen molar-refractivity contribution in [1.82, 2.24) is 5.43 Å². The van der Waals surface area contributed by atoms with Crippen LogP contribution in [-0.2, 0) is 0 Å². The van der Waals surface area contributed by atoms with Crippen molar-refractivity contribution < 1.29 is 4.39 Å². The van der Waals surface area contributed by atoms with Crippen LogP contribution in [0.5, 0.6) is 0 Å². The highest BCUT2D eigenvalue weighted by atomic mass is 32.2. The second kappa shape index (κ2) is 4.63. The molecule has 0 saturated heterocycles. The van der Waals surface area contributed by atoms with Gasteiger partial charge < -0.3 is 5.43 Å². The molecule has 2 nitrogen and oxygen atoms in total. The van der Waals surface area contributed by atoms with Gasteiger partial charge in [0.25, 0.3) is 0 Å². The van der Waals surface area contributed by atoms with Crippen molar-refractivity contribution in [1.29, 1.82) is 0 Å². The van der Waals surface area contributed by atoms with Crippen molar-refractivity contribution in [2.24, 2.45) is 11.0 Å². The van der Waals surface area contributed by atoms with Gasteiger partial charge >= 0.3 is 0 Å². The highest BCUT2D eigenvalue weighted by Gasteiger charge is 2.37. The smallest absolute Gasteiger partial charge is 0.123 e. The first-order valence-electron chi connectivity index (χ1n) is 6.64. The van der Waals surface area contributed by atoms with Gasteiger partial charge in [0.15, 0.2) is 0 Å². The number of nitrogens with zero attached hydrogens (tertiary/aromatic N) is 1. The number of halogens is 1. The average molecular weight is 284 g/mol. The quantitative estimate of drug-likeness (QED) is 0.865. The molecule has 0 aliphatic carbocycles. The SMILES string of the molecule is Fc1ccc2c(c1)C1=NNC(c3ccccc3)C1CS2. The summed E-state index contributed by atoms with van der Waals surface area (Å²) < 4.78 is 13.5. The van der Waals surface area contributed by atoms with E-state index in [4.69, 9.17) is 0 Å². The van der Waals surface area contributed by atoms with Crippen LogP contribution in [0.3, 0.4) is 0 Å². The van der Waals surface area contributed by atoms with Gasteiger partial charge in [-0.3, -0.25) is 0 Å². The normalized spacial score (nSPS) is 23.6. The highest BCUT2D eigenvalue weighted by Crippen LogP contribution is 2.41. The summed E-state index contributed by atoms with van der Waals surface area (Å²) in [4.78, 5) is 1.12. The number of benzene rings is 2. The monoisotopic (exact) mass is 284 g/mol. The zero-order valence-electron chi connectivity index (χ0n) is 10.7. The summed E-state index contributed by atoms with van der Waals surface area (Å²) in [7, 11) is 0. The maximum absolute atomic E-state index is 13.5. The Morgan fingerprint density at radius 1 is 1.15 bits per heavy atom. The second-order valence-electron chi connectivity index (χ2n) is 5.07. The van der Waals surface area contributed by atoms with Crippen molar-refractivity contribution in [2.75, 3.05) is 5.75 Å². The van der Waals surface area contributed by atoms with E-state index < -0.39 is 0 Å². The molecule has 2 aromatic rings. The fraction of sp³-hybridized carbons (Fsp3) is 0.188. The van der Waals surface area contributed by atoms with E-state index in [0.717, 1.165) is 21.9 Å². The molecule has 0 radical (unpaired) electrons. The third kappa shape index (κ3) is 1.83. The first-order valence-corrected chi connectivity index (χ1v) is 7.62. The number of hydrogen-bond acceptors (Lipinski definition) is 3. The van der Waals surface area contributed by atoms with Gasteiger partial charge in [-0.2, -0.15) is 5.10 Å². The Kier molecular flexibility index (Phi) is 2.77. The minimum absolute atomic E-state index is 0.190. The summed E-state index contributed by atoms with van der Waals surface area (Å²) in [5.74, 6) is 1.08. The summed E-state index contributed by atoms with van der Waals surface area (Å²) in [6, 6.07) is 15.5. The molecule has 1 N–H and O–H groups in total. The Morgan fingerprint density at radius 2 is 2.00 bits per heavy atom. The van der Waals surface area contributed by atoms with E-state index in [2.05, 4.69) is 22.7 Å². The van der Waals surface area contributed by atoms with Crippen molar-refractivity contribution in [3.63, 3.8) is 0 Å². The van der Waals surface area contributed by atoms with E-state index in [1.807, 2.05) is 24.3 Å². The maximum atomic E-state index is 13.5. The number of thioether (sulfide) groups is 1. The summed E-state index contributed by atoms with van der Waals surface area (Å²) in [6.07, 6.45) is 0. The third-order valence-electron chi connectivity index (χ3n) is 3.87. The standard InChI is InChI=1S/C16H13FN2S/c17-11-6-7-14-12(8-11)16-13(9-20-14)15(18-19-16)10-4-2-1-3-5-10/h1-8,13,15,18H,9H2. The first-order chi connectivity index (χ1) is 9.83. The van der Waals surface area contributed by atoms with E-state index in [0.29, 0.717) is 5.92 Å². The molecule has 2 heterocycles. The van der Waals surface area contributed by atoms with Gasteiger partial charge in [0.05, 0.1) is 11.8 Å². The molecule has 4 rings (SSSR count). The van der Waals surface area contributed by atoms with E-state index in [9.17, 15) is 4.39 Å². The molecule has 0 amide bonds. The van der Waals surface area contributed by atoms with Crippen molar-refractivity contribution in [2.45, 2.75) is 10.9 Å². The topological polar surface area (TPSA) is 24.4 Å². The third-order valence-corrected chi connectivity index (χ3v) is 5.07. The van der Waals surface area contributed by atoms with Crippen molar-refractivity contribution in [3.05, 3.63) is 65.5 Å². The Labute approximate surface area is 121 Å². The lowest BCUT2D eigenvalue weighted by Crippen LogP contribution is -2.27. The van der Waals surface area contributed by atoms with Gasteiger partial charge in [-0.15, -0.1) is 11.8 Å². The molecular weight excluding hydrogens is 271 g/mol. The lowest BCUT2D eigenvalue weighted by Gasteiger charge is -2.25. The van der Waals surface area contributed by atoms with E-state index >= 15 is 0 Å². The minimum atomic E-state index is -0.198. The molecule has 100 valence electrons. The van der Waals surface area contributed by atoms with Crippen LogP contribution in [0.25, 0.3) is 0 Å². The maximum Gasteiger partial charge on any atom is 0.123 e. The first kappa shape index (κ1) is 12.0. The number of rotatable bonds is 1. The van der Waals surface area contributed by atoms with Crippen LogP contribution < -0.4 is 5.43 Å². The van der Waals surface area contributed by atoms with Crippen molar-refractivity contribution in [3.8, 4) is 0 Å². The lowest BCUT2D eigenvalue weighted by molar-refractivity contribution is 0.529. The minimum Gasteiger partial charge on any atom is -0.302 e. The van der Waals surface area contributed by atoms with Crippen LogP contribution in [0.1, 0.15) is 17.2 Å². The molecule has 2 atom stereocenters. The van der Waals surface area contributed by atoms with E-state index in [-0.39, 0.29) is 11.9 Å². The zero-order valence-corrected chi connectivity index (χ0v) is 11.5. The van der Waals surface area contributed by atoms with Crippen LogP contribution in [0.4, 0.5) is 4.39 Å². The molecule has 2 aliphatic rings. The molecule has 2 unspecified atom stereocenters. The Morgan fingerprint density at radius 3 is 2.85 bits per heavy atom. The van der Waals surface area contributed by atoms with Gasteiger partial charge in [0.1, 0.15) is 5.82 Å². The van der Waals surface area contributed by atoms with Gasteiger partial charge in [-0.25, -0.2) is 4.39 Å². The summed E-state index contributed by atoms with van der Waals surface area (Å²) >= 11 is 1.78.